The fourth-order valence-corrected chi connectivity index (χ4v) is 2.88. The highest BCUT2D eigenvalue weighted by atomic mass is 16.5. The normalized spacial score (nSPS) is 16.8. The van der Waals surface area contributed by atoms with Crippen molar-refractivity contribution in [3.05, 3.63) is 29.8 Å². The lowest BCUT2D eigenvalue weighted by Crippen LogP contribution is -2.33. The SMILES string of the molecule is COCCCNC(=O)c1ccc(NC(=O)C2CC(=O)N(C(C)C)C2)cc1. The molecule has 0 spiro atoms. The zero-order chi connectivity index (χ0) is 19.1. The quantitative estimate of drug-likeness (QED) is 0.689. The van der Waals surface area contributed by atoms with Crippen molar-refractivity contribution in [2.45, 2.75) is 32.7 Å². The van der Waals surface area contributed by atoms with Crippen LogP contribution >= 0.6 is 0 Å². The summed E-state index contributed by atoms with van der Waals surface area (Å²) in [6.07, 6.45) is 0.996. The molecule has 3 amide bonds. The van der Waals surface area contributed by atoms with Crippen LogP contribution in [0.15, 0.2) is 24.3 Å². The number of ether oxygens (including phenoxy) is 1. The number of benzene rings is 1. The molecule has 0 bridgehead atoms. The lowest BCUT2D eigenvalue weighted by atomic mass is 10.1. The van der Waals surface area contributed by atoms with Crippen LogP contribution in [-0.2, 0) is 14.3 Å². The Hall–Kier alpha value is -2.41. The van der Waals surface area contributed by atoms with Gasteiger partial charge in [-0.2, -0.15) is 0 Å². The van der Waals surface area contributed by atoms with Crippen LogP contribution in [0.5, 0.6) is 0 Å². The lowest BCUT2D eigenvalue weighted by molar-refractivity contribution is -0.129. The summed E-state index contributed by atoms with van der Waals surface area (Å²) in [5, 5.41) is 5.63. The van der Waals surface area contributed by atoms with E-state index in [-0.39, 0.29) is 36.1 Å². The number of carbonyl (C=O) groups is 3. The predicted octanol–water partition coefficient (Wildman–Crippen LogP) is 1.65. The number of hydrogen-bond donors (Lipinski definition) is 2. The summed E-state index contributed by atoms with van der Waals surface area (Å²) in [5.41, 5.74) is 1.14. The molecule has 0 radical (unpaired) electrons. The van der Waals surface area contributed by atoms with Crippen molar-refractivity contribution in [1.82, 2.24) is 10.2 Å². The van der Waals surface area contributed by atoms with Crippen LogP contribution in [0.25, 0.3) is 0 Å². The van der Waals surface area contributed by atoms with Gasteiger partial charge in [0.25, 0.3) is 5.91 Å². The first-order chi connectivity index (χ1) is 12.4. The number of nitrogens with zero attached hydrogens (tertiary/aromatic N) is 1. The van der Waals surface area contributed by atoms with Gasteiger partial charge in [0.1, 0.15) is 0 Å². The van der Waals surface area contributed by atoms with Crippen molar-refractivity contribution in [1.29, 1.82) is 0 Å². The van der Waals surface area contributed by atoms with E-state index in [1.807, 2.05) is 13.8 Å². The van der Waals surface area contributed by atoms with Crippen LogP contribution in [0.4, 0.5) is 5.69 Å². The van der Waals surface area contributed by atoms with Crippen LogP contribution in [0.3, 0.4) is 0 Å². The highest BCUT2D eigenvalue weighted by Crippen LogP contribution is 2.22. The van der Waals surface area contributed by atoms with E-state index in [1.165, 1.54) is 0 Å². The Kier molecular flexibility index (Phi) is 7.15. The standard InChI is InChI=1S/C19H27N3O4/c1-13(2)22-12-15(11-17(22)23)19(25)21-16-7-5-14(6-8-16)18(24)20-9-4-10-26-3/h5-8,13,15H,4,9-12H2,1-3H3,(H,20,24)(H,21,25). The molecule has 1 fully saturated rings. The van der Waals surface area contributed by atoms with Gasteiger partial charge in [-0.15, -0.1) is 0 Å². The van der Waals surface area contributed by atoms with Crippen LogP contribution < -0.4 is 10.6 Å². The molecule has 26 heavy (non-hydrogen) atoms. The van der Waals surface area contributed by atoms with Crippen molar-refractivity contribution in [2.24, 2.45) is 5.92 Å². The molecule has 1 aromatic carbocycles. The molecular formula is C19H27N3O4. The molecule has 7 heteroatoms. The van der Waals surface area contributed by atoms with E-state index in [0.29, 0.717) is 30.9 Å². The summed E-state index contributed by atoms with van der Waals surface area (Å²) in [6, 6.07) is 6.82. The van der Waals surface area contributed by atoms with Gasteiger partial charge < -0.3 is 20.3 Å². The van der Waals surface area contributed by atoms with Crippen molar-refractivity contribution in [2.75, 3.05) is 32.1 Å². The van der Waals surface area contributed by atoms with E-state index in [0.717, 1.165) is 6.42 Å². The van der Waals surface area contributed by atoms with Crippen molar-refractivity contribution < 1.29 is 19.1 Å². The Morgan fingerprint density at radius 2 is 1.96 bits per heavy atom. The first-order valence-corrected chi connectivity index (χ1v) is 8.90. The molecule has 0 aliphatic carbocycles. The smallest absolute Gasteiger partial charge is 0.251 e. The van der Waals surface area contributed by atoms with E-state index in [1.54, 1.807) is 36.3 Å². The molecule has 0 saturated carbocycles. The van der Waals surface area contributed by atoms with Crippen molar-refractivity contribution in [3.8, 4) is 0 Å². The minimum atomic E-state index is -0.339. The molecule has 2 rings (SSSR count). The third-order valence-corrected chi connectivity index (χ3v) is 4.38. The van der Waals surface area contributed by atoms with E-state index in [4.69, 9.17) is 4.74 Å². The highest BCUT2D eigenvalue weighted by molar-refractivity contribution is 5.98. The van der Waals surface area contributed by atoms with Gasteiger partial charge in [0, 0.05) is 50.5 Å². The number of hydrogen-bond acceptors (Lipinski definition) is 4. The Labute approximate surface area is 154 Å². The fourth-order valence-electron chi connectivity index (χ4n) is 2.88. The van der Waals surface area contributed by atoms with E-state index in [2.05, 4.69) is 10.6 Å². The molecule has 1 aliphatic heterocycles. The lowest BCUT2D eigenvalue weighted by Gasteiger charge is -2.20. The molecule has 1 heterocycles. The number of methoxy groups -OCH3 is 1. The van der Waals surface area contributed by atoms with Crippen molar-refractivity contribution >= 4 is 23.4 Å². The summed E-state index contributed by atoms with van der Waals surface area (Å²) in [4.78, 5) is 38.0. The van der Waals surface area contributed by atoms with E-state index >= 15 is 0 Å². The number of nitrogens with one attached hydrogen (secondary N) is 2. The maximum absolute atomic E-state index is 12.4. The second-order valence-electron chi connectivity index (χ2n) is 6.71. The summed E-state index contributed by atoms with van der Waals surface area (Å²) in [6.45, 7) is 5.48. The zero-order valence-corrected chi connectivity index (χ0v) is 15.6. The molecular weight excluding hydrogens is 334 g/mol. The number of likely N-dealkylation sites (tertiary alicyclic amines) is 1. The van der Waals surface area contributed by atoms with Crippen LogP contribution in [0.2, 0.25) is 0 Å². The van der Waals surface area contributed by atoms with Gasteiger partial charge in [0.15, 0.2) is 0 Å². The summed E-state index contributed by atoms with van der Waals surface area (Å²) < 4.78 is 4.93. The van der Waals surface area contributed by atoms with Crippen LogP contribution in [0, 0.1) is 5.92 Å². The first-order valence-electron chi connectivity index (χ1n) is 8.90. The van der Waals surface area contributed by atoms with Gasteiger partial charge in [0.05, 0.1) is 5.92 Å². The summed E-state index contributed by atoms with van der Waals surface area (Å²) >= 11 is 0. The van der Waals surface area contributed by atoms with Gasteiger partial charge in [0.2, 0.25) is 11.8 Å². The van der Waals surface area contributed by atoms with Gasteiger partial charge in [-0.25, -0.2) is 0 Å². The fraction of sp³-hybridized carbons (Fsp3) is 0.526. The highest BCUT2D eigenvalue weighted by Gasteiger charge is 2.35. The Morgan fingerprint density at radius 3 is 2.54 bits per heavy atom. The molecule has 2 N–H and O–H groups in total. The third-order valence-electron chi connectivity index (χ3n) is 4.38. The van der Waals surface area contributed by atoms with E-state index in [9.17, 15) is 14.4 Å². The Balaban J connectivity index is 1.86. The molecule has 142 valence electrons. The molecule has 1 aromatic rings. The van der Waals surface area contributed by atoms with Crippen molar-refractivity contribution in [3.63, 3.8) is 0 Å². The number of rotatable bonds is 8. The van der Waals surface area contributed by atoms with Gasteiger partial charge in [-0.3, -0.25) is 14.4 Å². The Morgan fingerprint density at radius 1 is 1.27 bits per heavy atom. The minimum Gasteiger partial charge on any atom is -0.385 e. The second-order valence-corrected chi connectivity index (χ2v) is 6.71. The number of anilines is 1. The van der Waals surface area contributed by atoms with E-state index < -0.39 is 0 Å². The molecule has 1 unspecified atom stereocenters. The van der Waals surface area contributed by atoms with Gasteiger partial charge in [-0.1, -0.05) is 0 Å². The number of amides is 3. The monoisotopic (exact) mass is 361 g/mol. The second kappa shape index (κ2) is 9.33. The summed E-state index contributed by atoms with van der Waals surface area (Å²) in [7, 11) is 1.62. The average Bonchev–Trinajstić information content (AvgIpc) is 3.01. The molecule has 1 saturated heterocycles. The topological polar surface area (TPSA) is 87.7 Å². The maximum Gasteiger partial charge on any atom is 0.251 e. The first kappa shape index (κ1) is 19.9. The molecule has 0 aromatic heterocycles. The average molecular weight is 361 g/mol. The molecule has 1 atom stereocenters. The predicted molar refractivity (Wildman–Crippen MR) is 98.9 cm³/mol. The zero-order valence-electron chi connectivity index (χ0n) is 15.6. The van der Waals surface area contributed by atoms with Gasteiger partial charge >= 0.3 is 0 Å². The molecule has 7 nitrogen and oxygen atoms in total. The Bertz CT molecular complexity index is 643. The van der Waals surface area contributed by atoms with Gasteiger partial charge in [-0.05, 0) is 44.5 Å². The largest absolute Gasteiger partial charge is 0.385 e. The van der Waals surface area contributed by atoms with Crippen LogP contribution in [0.1, 0.15) is 37.0 Å². The number of carbonyl (C=O) groups excluding carboxylic acids is 3. The van der Waals surface area contributed by atoms with Crippen LogP contribution in [-0.4, -0.2) is 55.5 Å². The summed E-state index contributed by atoms with van der Waals surface area (Å²) in [5.74, 6) is -0.652. The third kappa shape index (κ3) is 5.29. The maximum atomic E-state index is 12.4. The minimum absolute atomic E-state index is 0.0145. The molecule has 1 aliphatic rings.